The molecule has 0 radical (unpaired) electrons. The van der Waals surface area contributed by atoms with Crippen molar-refractivity contribution in [1.29, 1.82) is 0 Å². The summed E-state index contributed by atoms with van der Waals surface area (Å²) in [5.74, 6) is -1.58. The van der Waals surface area contributed by atoms with Gasteiger partial charge in [-0.25, -0.2) is 14.6 Å². The smallest absolute Gasteiger partial charge is 0.410 e. The van der Waals surface area contributed by atoms with E-state index in [0.717, 1.165) is 5.69 Å². The van der Waals surface area contributed by atoms with Crippen LogP contribution >= 0.6 is 23.2 Å². The van der Waals surface area contributed by atoms with Crippen molar-refractivity contribution in [1.82, 2.24) is 14.5 Å². The zero-order chi connectivity index (χ0) is 29.7. The van der Waals surface area contributed by atoms with Crippen LogP contribution in [0.15, 0.2) is 61.2 Å². The van der Waals surface area contributed by atoms with E-state index in [9.17, 15) is 9.59 Å². The quantitative estimate of drug-likeness (QED) is 0.346. The summed E-state index contributed by atoms with van der Waals surface area (Å²) in [5, 5.41) is 10.1. The van der Waals surface area contributed by atoms with Gasteiger partial charge in [-0.1, -0.05) is 36.2 Å². The Morgan fingerprint density at radius 2 is 1.90 bits per heavy atom. The van der Waals surface area contributed by atoms with Crippen molar-refractivity contribution in [2.24, 2.45) is 0 Å². The average Bonchev–Trinajstić information content (AvgIpc) is 3.65. The molecule has 2 aliphatic rings. The van der Waals surface area contributed by atoms with Gasteiger partial charge in [-0.2, -0.15) is 0 Å². The zero-order valence-corrected chi connectivity index (χ0v) is 24.5. The van der Waals surface area contributed by atoms with E-state index in [1.807, 2.05) is 41.1 Å². The van der Waals surface area contributed by atoms with Crippen LogP contribution in [0.2, 0.25) is 10.0 Å². The van der Waals surface area contributed by atoms with Crippen LogP contribution in [-0.2, 0) is 31.3 Å². The van der Waals surface area contributed by atoms with Crippen LogP contribution in [0.3, 0.4) is 0 Å². The maximum absolute atomic E-state index is 12.3. The van der Waals surface area contributed by atoms with Gasteiger partial charge in [-0.3, -0.25) is 0 Å². The zero-order valence-electron chi connectivity index (χ0n) is 23.0. The minimum Gasteiger partial charge on any atom is -0.491 e. The lowest BCUT2D eigenvalue weighted by molar-refractivity contribution is -0.189. The van der Waals surface area contributed by atoms with Gasteiger partial charge in [-0.05, 0) is 42.8 Å². The number of hydrogen-bond acceptors (Lipinski definition) is 8. The maximum Gasteiger partial charge on any atom is 0.410 e. The number of hydrogen-bond donors (Lipinski definition) is 1. The number of rotatable bonds is 10. The third kappa shape index (κ3) is 6.92. The summed E-state index contributed by atoms with van der Waals surface area (Å²) in [6.45, 7) is 4.66. The molecular weight excluding hydrogens is 587 g/mol. The van der Waals surface area contributed by atoms with E-state index in [4.69, 9.17) is 47.3 Å². The van der Waals surface area contributed by atoms with Crippen LogP contribution in [0, 0.1) is 0 Å². The number of amides is 1. The highest BCUT2D eigenvalue weighted by Crippen LogP contribution is 2.40. The fraction of sp³-hybridized carbons (Fsp3) is 0.414. The third-order valence-electron chi connectivity index (χ3n) is 7.22. The second-order valence-electron chi connectivity index (χ2n) is 10.1. The number of aliphatic carboxylic acids is 1. The number of imidazole rings is 1. The fourth-order valence-corrected chi connectivity index (χ4v) is 5.52. The summed E-state index contributed by atoms with van der Waals surface area (Å²) in [4.78, 5) is 31.3. The Kier molecular flexibility index (Phi) is 9.42. The van der Waals surface area contributed by atoms with Crippen molar-refractivity contribution in [3.8, 4) is 5.75 Å². The van der Waals surface area contributed by atoms with Gasteiger partial charge in [0.2, 0.25) is 5.79 Å². The number of carboxylic acids is 1. The summed E-state index contributed by atoms with van der Waals surface area (Å²) >= 11 is 12.7. The molecule has 11 nitrogen and oxygen atoms in total. The van der Waals surface area contributed by atoms with Crippen molar-refractivity contribution in [2.75, 3.05) is 44.3 Å². The van der Waals surface area contributed by atoms with E-state index in [0.29, 0.717) is 60.7 Å². The lowest BCUT2D eigenvalue weighted by atomic mass is 10.1. The van der Waals surface area contributed by atoms with E-state index < -0.39 is 24.0 Å². The van der Waals surface area contributed by atoms with Crippen LogP contribution in [0.1, 0.15) is 18.9 Å². The third-order valence-corrected chi connectivity index (χ3v) is 7.76. The lowest BCUT2D eigenvalue weighted by Crippen LogP contribution is -2.49. The van der Waals surface area contributed by atoms with Gasteiger partial charge in [0.05, 0.1) is 24.5 Å². The maximum atomic E-state index is 12.3. The summed E-state index contributed by atoms with van der Waals surface area (Å²) < 4.78 is 25.7. The molecule has 1 N–H and O–H groups in total. The highest BCUT2D eigenvalue weighted by Gasteiger charge is 2.45. The molecule has 13 heteroatoms. The minimum absolute atomic E-state index is 0.221. The molecule has 1 amide bonds. The number of carbonyl (C=O) groups is 2. The molecule has 2 fully saturated rings. The molecule has 224 valence electrons. The Morgan fingerprint density at radius 3 is 2.55 bits per heavy atom. The second-order valence-corrected chi connectivity index (χ2v) is 10.9. The largest absolute Gasteiger partial charge is 0.491 e. The van der Waals surface area contributed by atoms with Crippen molar-refractivity contribution < 1.29 is 33.6 Å². The van der Waals surface area contributed by atoms with Crippen molar-refractivity contribution in [3.63, 3.8) is 0 Å². The van der Waals surface area contributed by atoms with Gasteiger partial charge >= 0.3 is 12.1 Å². The number of carboxylic acid groups (broad SMARTS) is 1. The first kappa shape index (κ1) is 30.0. The lowest BCUT2D eigenvalue weighted by Gasteiger charge is -2.35. The molecule has 0 bridgehead atoms. The molecule has 2 aromatic carbocycles. The van der Waals surface area contributed by atoms with E-state index >= 15 is 0 Å². The van der Waals surface area contributed by atoms with Crippen LogP contribution in [0.4, 0.5) is 10.5 Å². The monoisotopic (exact) mass is 618 g/mol. The number of halogens is 2. The normalized spacial score (nSPS) is 21.3. The first-order chi connectivity index (χ1) is 20.3. The van der Waals surface area contributed by atoms with Gasteiger partial charge in [0.1, 0.15) is 18.5 Å². The van der Waals surface area contributed by atoms with Gasteiger partial charge in [0, 0.05) is 54.8 Å². The molecular formula is C29H32Cl2N4O7. The molecule has 2 aliphatic heterocycles. The van der Waals surface area contributed by atoms with Crippen LogP contribution in [0.25, 0.3) is 0 Å². The van der Waals surface area contributed by atoms with E-state index in [1.165, 1.54) is 4.90 Å². The van der Waals surface area contributed by atoms with Gasteiger partial charge in [0.25, 0.3) is 0 Å². The Hall–Kier alpha value is -3.51. The molecule has 3 heterocycles. The number of aromatic nitrogens is 2. The van der Waals surface area contributed by atoms with Gasteiger partial charge in [-0.15, -0.1) is 0 Å². The summed E-state index contributed by atoms with van der Waals surface area (Å²) in [5.41, 5.74) is 1.67. The molecule has 1 aromatic heterocycles. The molecule has 3 atom stereocenters. The molecule has 3 aromatic rings. The van der Waals surface area contributed by atoms with Crippen LogP contribution in [-0.4, -0.2) is 83.2 Å². The number of piperazine rings is 1. The van der Waals surface area contributed by atoms with E-state index in [1.54, 1.807) is 31.6 Å². The Balaban J connectivity index is 1.15. The molecule has 2 saturated heterocycles. The second kappa shape index (κ2) is 13.2. The molecule has 0 aliphatic carbocycles. The number of ether oxygens (including phenoxy) is 4. The van der Waals surface area contributed by atoms with E-state index in [-0.39, 0.29) is 19.1 Å². The van der Waals surface area contributed by atoms with Gasteiger partial charge < -0.3 is 38.4 Å². The highest BCUT2D eigenvalue weighted by molar-refractivity contribution is 6.35. The van der Waals surface area contributed by atoms with Crippen molar-refractivity contribution in [3.05, 3.63) is 76.8 Å². The molecule has 42 heavy (non-hydrogen) atoms. The SMILES string of the molecule is CCC(OC(=O)N1CCN(c2ccc(OC[C@@H]3CO[C@@](Cn4ccnc4)(c4ccc(Cl)cc4Cl)O3)cc2)CC1)C(=O)O. The van der Waals surface area contributed by atoms with Crippen LogP contribution in [0.5, 0.6) is 5.75 Å². The Labute approximate surface area is 253 Å². The highest BCUT2D eigenvalue weighted by atomic mass is 35.5. The molecule has 0 saturated carbocycles. The van der Waals surface area contributed by atoms with Crippen molar-refractivity contribution >= 4 is 41.0 Å². The van der Waals surface area contributed by atoms with Crippen molar-refractivity contribution in [2.45, 2.75) is 37.9 Å². The summed E-state index contributed by atoms with van der Waals surface area (Å²) in [7, 11) is 0. The van der Waals surface area contributed by atoms with Gasteiger partial charge in [0.15, 0.2) is 6.10 Å². The predicted molar refractivity (Wildman–Crippen MR) is 155 cm³/mol. The summed E-state index contributed by atoms with van der Waals surface area (Å²) in [6, 6.07) is 12.9. The number of nitrogens with zero attached hydrogens (tertiary/aromatic N) is 4. The topological polar surface area (TPSA) is 116 Å². The fourth-order valence-electron chi connectivity index (χ4n) is 4.97. The summed E-state index contributed by atoms with van der Waals surface area (Å²) in [6.07, 6.45) is 3.35. The predicted octanol–water partition coefficient (Wildman–Crippen LogP) is 4.66. The first-order valence-corrected chi connectivity index (χ1v) is 14.4. The minimum atomic E-state index is -1.14. The molecule has 5 rings (SSSR count). The standard InChI is InChI=1S/C29H32Cl2N4O7/c1-2-26(27(36)37)41-28(38)35-13-11-34(12-14-35)21-4-6-22(7-5-21)39-16-23-17-40-29(42-23,18-33-10-9-32-19-33)24-8-3-20(30)15-25(24)31/h3-10,15,19,23,26H,2,11-14,16-18H2,1H3,(H,36,37)/t23-,26?,29-/m1/s1. The number of benzene rings is 2. The number of anilines is 1. The Morgan fingerprint density at radius 1 is 1.14 bits per heavy atom. The average molecular weight is 620 g/mol. The van der Waals surface area contributed by atoms with E-state index in [2.05, 4.69) is 9.88 Å². The Bertz CT molecular complexity index is 1370. The molecule has 0 spiro atoms. The number of carbonyl (C=O) groups excluding carboxylic acids is 1. The van der Waals surface area contributed by atoms with Crippen LogP contribution < -0.4 is 9.64 Å². The molecule has 1 unspecified atom stereocenters. The first-order valence-electron chi connectivity index (χ1n) is 13.7.